The first kappa shape index (κ1) is 15.9. The molecule has 124 valence electrons. The van der Waals surface area contributed by atoms with Crippen molar-refractivity contribution in [2.45, 2.75) is 6.54 Å². The van der Waals surface area contributed by atoms with Gasteiger partial charge in [0.15, 0.2) is 17.3 Å². The number of nitrogens with zero attached hydrogens (tertiary/aromatic N) is 2. The standard InChI is InChI=1S/C17H15F2N3O2/c1-23-13-7-10(15(18)17(24-2)16(13)19)8-21-14-9-20-11-5-3-4-6-12(11)22-14/h3-7,9H,8H2,1-2H3,(H,21,22). The summed E-state index contributed by atoms with van der Waals surface area (Å²) >= 11 is 0. The first-order valence-corrected chi connectivity index (χ1v) is 7.18. The molecule has 0 unspecified atom stereocenters. The molecule has 0 saturated heterocycles. The summed E-state index contributed by atoms with van der Waals surface area (Å²) in [6.45, 7) is 0.0753. The summed E-state index contributed by atoms with van der Waals surface area (Å²) in [5.41, 5.74) is 1.68. The fourth-order valence-electron chi connectivity index (χ4n) is 2.32. The summed E-state index contributed by atoms with van der Waals surface area (Å²) in [5, 5.41) is 2.97. The molecule has 7 heteroatoms. The molecule has 1 aromatic heterocycles. The van der Waals surface area contributed by atoms with E-state index in [0.717, 1.165) is 11.0 Å². The van der Waals surface area contributed by atoms with Gasteiger partial charge in [-0.05, 0) is 18.2 Å². The number of benzene rings is 2. The second-order valence-corrected chi connectivity index (χ2v) is 5.00. The minimum Gasteiger partial charge on any atom is -0.494 e. The van der Waals surface area contributed by atoms with Crippen molar-refractivity contribution in [3.05, 3.63) is 53.7 Å². The van der Waals surface area contributed by atoms with Crippen LogP contribution < -0.4 is 14.8 Å². The maximum atomic E-state index is 14.3. The third kappa shape index (κ3) is 2.92. The molecule has 1 heterocycles. The number of anilines is 1. The molecule has 2 aromatic carbocycles. The number of aromatic nitrogens is 2. The van der Waals surface area contributed by atoms with Crippen LogP contribution in [0.3, 0.4) is 0 Å². The zero-order valence-electron chi connectivity index (χ0n) is 13.1. The number of nitrogens with one attached hydrogen (secondary N) is 1. The van der Waals surface area contributed by atoms with Gasteiger partial charge < -0.3 is 14.8 Å². The Labute approximate surface area is 137 Å². The average molecular weight is 331 g/mol. The quantitative estimate of drug-likeness (QED) is 0.775. The molecule has 3 rings (SSSR count). The van der Waals surface area contributed by atoms with Gasteiger partial charge in [0, 0.05) is 12.1 Å². The van der Waals surface area contributed by atoms with Gasteiger partial charge in [-0.3, -0.25) is 4.98 Å². The SMILES string of the molecule is COc1cc(CNc2cnc3ccccc3n2)c(F)c(OC)c1F. The summed E-state index contributed by atoms with van der Waals surface area (Å²) < 4.78 is 37.9. The lowest BCUT2D eigenvalue weighted by Crippen LogP contribution is -2.07. The van der Waals surface area contributed by atoms with Crippen molar-refractivity contribution in [3.63, 3.8) is 0 Å². The number of hydrogen-bond donors (Lipinski definition) is 1. The monoisotopic (exact) mass is 331 g/mol. The van der Waals surface area contributed by atoms with E-state index in [2.05, 4.69) is 15.3 Å². The minimum absolute atomic E-state index is 0.0753. The molecular formula is C17H15F2N3O2. The summed E-state index contributed by atoms with van der Waals surface area (Å²) in [6.07, 6.45) is 1.55. The molecule has 0 atom stereocenters. The second-order valence-electron chi connectivity index (χ2n) is 5.00. The van der Waals surface area contributed by atoms with E-state index in [9.17, 15) is 8.78 Å². The highest BCUT2D eigenvalue weighted by molar-refractivity contribution is 5.75. The van der Waals surface area contributed by atoms with Crippen molar-refractivity contribution < 1.29 is 18.3 Å². The van der Waals surface area contributed by atoms with Gasteiger partial charge in [-0.25, -0.2) is 9.37 Å². The molecule has 0 spiro atoms. The Bertz CT molecular complexity index is 887. The van der Waals surface area contributed by atoms with Crippen LogP contribution in [-0.4, -0.2) is 24.2 Å². The highest BCUT2D eigenvalue weighted by Crippen LogP contribution is 2.32. The Morgan fingerprint density at radius 1 is 1.04 bits per heavy atom. The van der Waals surface area contributed by atoms with Gasteiger partial charge in [0.05, 0.1) is 31.4 Å². The lowest BCUT2D eigenvalue weighted by atomic mass is 10.1. The fourth-order valence-corrected chi connectivity index (χ4v) is 2.32. The van der Waals surface area contributed by atoms with Crippen LogP contribution >= 0.6 is 0 Å². The molecule has 0 aliphatic carbocycles. The summed E-state index contributed by atoms with van der Waals surface area (Å²) in [7, 11) is 2.51. The van der Waals surface area contributed by atoms with Crippen LogP contribution in [0.2, 0.25) is 0 Å². The highest BCUT2D eigenvalue weighted by atomic mass is 19.1. The van der Waals surface area contributed by atoms with Crippen LogP contribution in [0.15, 0.2) is 36.5 Å². The van der Waals surface area contributed by atoms with Gasteiger partial charge >= 0.3 is 0 Å². The number of halogens is 2. The predicted molar refractivity (Wildman–Crippen MR) is 86.3 cm³/mol. The van der Waals surface area contributed by atoms with Crippen LogP contribution in [-0.2, 0) is 6.54 Å². The lowest BCUT2D eigenvalue weighted by molar-refractivity contribution is 0.331. The van der Waals surface area contributed by atoms with Crippen LogP contribution in [0, 0.1) is 11.6 Å². The first-order valence-electron chi connectivity index (χ1n) is 7.18. The van der Waals surface area contributed by atoms with Crippen molar-refractivity contribution >= 4 is 16.9 Å². The molecule has 0 aliphatic rings. The maximum absolute atomic E-state index is 14.3. The van der Waals surface area contributed by atoms with Crippen molar-refractivity contribution in [1.82, 2.24) is 9.97 Å². The van der Waals surface area contributed by atoms with E-state index in [0.29, 0.717) is 5.82 Å². The third-order valence-electron chi connectivity index (χ3n) is 3.53. The Hall–Kier alpha value is -2.96. The van der Waals surface area contributed by atoms with E-state index in [1.807, 2.05) is 24.3 Å². The molecule has 0 radical (unpaired) electrons. The normalized spacial score (nSPS) is 10.7. The van der Waals surface area contributed by atoms with E-state index in [-0.39, 0.29) is 17.9 Å². The van der Waals surface area contributed by atoms with Gasteiger partial charge in [0.25, 0.3) is 0 Å². The molecular weight excluding hydrogens is 316 g/mol. The second kappa shape index (κ2) is 6.66. The highest BCUT2D eigenvalue weighted by Gasteiger charge is 2.19. The number of para-hydroxylation sites is 2. The summed E-state index contributed by atoms with van der Waals surface area (Å²) in [4.78, 5) is 8.66. The van der Waals surface area contributed by atoms with Gasteiger partial charge in [0.1, 0.15) is 5.82 Å². The Morgan fingerprint density at radius 2 is 1.79 bits per heavy atom. The minimum atomic E-state index is -0.869. The lowest BCUT2D eigenvalue weighted by Gasteiger charge is -2.13. The zero-order chi connectivity index (χ0) is 17.1. The van der Waals surface area contributed by atoms with Crippen molar-refractivity contribution in [2.75, 3.05) is 19.5 Å². The molecule has 0 saturated carbocycles. The number of hydrogen-bond acceptors (Lipinski definition) is 5. The van der Waals surface area contributed by atoms with Crippen molar-refractivity contribution in [2.24, 2.45) is 0 Å². The predicted octanol–water partition coefficient (Wildman–Crippen LogP) is 3.54. The zero-order valence-corrected chi connectivity index (χ0v) is 13.1. The molecule has 0 fully saturated rings. The summed E-state index contributed by atoms with van der Waals surface area (Å²) in [6, 6.07) is 8.70. The van der Waals surface area contributed by atoms with E-state index < -0.39 is 17.4 Å². The van der Waals surface area contributed by atoms with Gasteiger partial charge in [-0.1, -0.05) is 12.1 Å². The molecule has 24 heavy (non-hydrogen) atoms. The third-order valence-corrected chi connectivity index (χ3v) is 3.53. The molecule has 5 nitrogen and oxygen atoms in total. The van der Waals surface area contributed by atoms with Gasteiger partial charge in [-0.15, -0.1) is 0 Å². The molecule has 0 bridgehead atoms. The smallest absolute Gasteiger partial charge is 0.209 e. The van der Waals surface area contributed by atoms with Crippen molar-refractivity contribution in [3.8, 4) is 11.5 Å². The van der Waals surface area contributed by atoms with Gasteiger partial charge in [-0.2, -0.15) is 4.39 Å². The number of ether oxygens (including phenoxy) is 2. The largest absolute Gasteiger partial charge is 0.494 e. The Kier molecular flexibility index (Phi) is 4.41. The van der Waals surface area contributed by atoms with Crippen LogP contribution in [0.1, 0.15) is 5.56 Å². The van der Waals surface area contributed by atoms with E-state index in [4.69, 9.17) is 9.47 Å². The Balaban J connectivity index is 1.87. The number of rotatable bonds is 5. The maximum Gasteiger partial charge on any atom is 0.209 e. The van der Waals surface area contributed by atoms with Crippen molar-refractivity contribution in [1.29, 1.82) is 0 Å². The van der Waals surface area contributed by atoms with E-state index in [1.165, 1.54) is 20.3 Å². The molecule has 3 aromatic rings. The summed E-state index contributed by atoms with van der Waals surface area (Å²) in [5.74, 6) is -1.73. The number of fused-ring (bicyclic) bond motifs is 1. The average Bonchev–Trinajstić information content (AvgIpc) is 2.61. The fraction of sp³-hybridized carbons (Fsp3) is 0.176. The van der Waals surface area contributed by atoms with Gasteiger partial charge in [0.2, 0.25) is 5.82 Å². The van der Waals surface area contributed by atoms with Crippen LogP contribution in [0.4, 0.5) is 14.6 Å². The Morgan fingerprint density at radius 3 is 2.50 bits per heavy atom. The van der Waals surface area contributed by atoms with Crippen LogP contribution in [0.25, 0.3) is 11.0 Å². The van der Waals surface area contributed by atoms with E-state index >= 15 is 0 Å². The number of methoxy groups -OCH3 is 2. The van der Waals surface area contributed by atoms with E-state index in [1.54, 1.807) is 6.20 Å². The van der Waals surface area contributed by atoms with Crippen LogP contribution in [0.5, 0.6) is 11.5 Å². The molecule has 0 aliphatic heterocycles. The first-order chi connectivity index (χ1) is 11.6. The molecule has 1 N–H and O–H groups in total. The topological polar surface area (TPSA) is 56.3 Å². The molecule has 0 amide bonds.